The Labute approximate surface area is 77.4 Å². The molecule has 0 fully saturated rings. The van der Waals surface area contributed by atoms with Gasteiger partial charge >= 0.3 is 0 Å². The SMILES string of the molecule is CC(C)C=CC/C=C\CC(C)C. The Morgan fingerprint density at radius 2 is 1.58 bits per heavy atom. The Morgan fingerprint density at radius 1 is 0.917 bits per heavy atom. The van der Waals surface area contributed by atoms with Gasteiger partial charge in [0.1, 0.15) is 0 Å². The molecule has 0 aromatic carbocycles. The normalized spacial score (nSPS) is 12.8. The summed E-state index contributed by atoms with van der Waals surface area (Å²) in [7, 11) is 0. The molecule has 0 saturated heterocycles. The van der Waals surface area contributed by atoms with E-state index in [1.54, 1.807) is 0 Å². The smallest absolute Gasteiger partial charge is 0.0169 e. The molecule has 0 rings (SSSR count). The van der Waals surface area contributed by atoms with E-state index in [0.29, 0.717) is 5.92 Å². The standard InChI is InChI=1S/C12H22/c1-11(2)9-7-5-6-8-10-12(3)4/h5,7-8,10-12H,6,9H2,1-4H3/b7-5-,10-8?. The minimum atomic E-state index is 0.684. The molecule has 70 valence electrons. The Bertz CT molecular complexity index is 138. The van der Waals surface area contributed by atoms with Crippen molar-refractivity contribution in [3.8, 4) is 0 Å². The number of hydrogen-bond donors (Lipinski definition) is 0. The van der Waals surface area contributed by atoms with Gasteiger partial charge in [0.2, 0.25) is 0 Å². The molecule has 0 atom stereocenters. The van der Waals surface area contributed by atoms with Crippen molar-refractivity contribution in [3.63, 3.8) is 0 Å². The zero-order valence-corrected chi connectivity index (χ0v) is 8.88. The average molecular weight is 166 g/mol. The first-order chi connectivity index (χ1) is 5.63. The molecule has 0 aromatic heterocycles. The highest BCUT2D eigenvalue weighted by molar-refractivity contribution is 4.94. The van der Waals surface area contributed by atoms with Crippen LogP contribution in [0.5, 0.6) is 0 Å². The first-order valence-corrected chi connectivity index (χ1v) is 4.94. The first kappa shape index (κ1) is 11.5. The number of rotatable bonds is 5. The van der Waals surface area contributed by atoms with E-state index in [1.807, 2.05) is 0 Å². The summed E-state index contributed by atoms with van der Waals surface area (Å²) in [6.45, 7) is 8.89. The monoisotopic (exact) mass is 166 g/mol. The molecule has 0 spiro atoms. The Morgan fingerprint density at radius 3 is 2.08 bits per heavy atom. The summed E-state index contributed by atoms with van der Waals surface area (Å²) < 4.78 is 0. The number of allylic oxidation sites excluding steroid dienone is 4. The maximum Gasteiger partial charge on any atom is -0.0169 e. The van der Waals surface area contributed by atoms with E-state index in [1.165, 1.54) is 6.42 Å². The summed E-state index contributed by atoms with van der Waals surface area (Å²) in [4.78, 5) is 0. The maximum atomic E-state index is 2.27. The predicted molar refractivity (Wildman–Crippen MR) is 57.2 cm³/mol. The largest absolute Gasteiger partial charge is 0.0880 e. The third-order valence-corrected chi connectivity index (χ3v) is 1.57. The van der Waals surface area contributed by atoms with Crippen LogP contribution >= 0.6 is 0 Å². The van der Waals surface area contributed by atoms with E-state index in [9.17, 15) is 0 Å². The topological polar surface area (TPSA) is 0 Å². The van der Waals surface area contributed by atoms with Crippen LogP contribution in [0.3, 0.4) is 0 Å². The molecule has 0 aliphatic rings. The zero-order chi connectivity index (χ0) is 9.40. The summed E-state index contributed by atoms with van der Waals surface area (Å²) in [6, 6.07) is 0. The van der Waals surface area contributed by atoms with Gasteiger partial charge in [0.05, 0.1) is 0 Å². The van der Waals surface area contributed by atoms with Gasteiger partial charge in [-0.2, -0.15) is 0 Å². The van der Waals surface area contributed by atoms with Crippen LogP contribution in [0.15, 0.2) is 24.3 Å². The van der Waals surface area contributed by atoms with Crippen LogP contribution < -0.4 is 0 Å². The summed E-state index contributed by atoms with van der Waals surface area (Å²) in [5.41, 5.74) is 0. The molecule has 0 unspecified atom stereocenters. The Balaban J connectivity index is 3.36. The molecule has 0 heterocycles. The zero-order valence-electron chi connectivity index (χ0n) is 8.88. The molecule has 0 amide bonds. The molecular formula is C12H22. The molecule has 12 heavy (non-hydrogen) atoms. The van der Waals surface area contributed by atoms with E-state index in [4.69, 9.17) is 0 Å². The third kappa shape index (κ3) is 9.48. The van der Waals surface area contributed by atoms with Gasteiger partial charge < -0.3 is 0 Å². The van der Waals surface area contributed by atoms with E-state index in [2.05, 4.69) is 52.0 Å². The van der Waals surface area contributed by atoms with Gasteiger partial charge in [0, 0.05) is 0 Å². The lowest BCUT2D eigenvalue weighted by Gasteiger charge is -1.95. The van der Waals surface area contributed by atoms with Crippen molar-refractivity contribution in [2.45, 2.75) is 40.5 Å². The molecule has 0 radical (unpaired) electrons. The van der Waals surface area contributed by atoms with Gasteiger partial charge in [-0.25, -0.2) is 0 Å². The van der Waals surface area contributed by atoms with E-state index < -0.39 is 0 Å². The predicted octanol–water partition coefficient (Wildman–Crippen LogP) is 4.19. The van der Waals surface area contributed by atoms with Gasteiger partial charge in [-0.05, 0) is 24.7 Å². The Kier molecular flexibility index (Phi) is 6.84. The summed E-state index contributed by atoms with van der Waals surface area (Å²) >= 11 is 0. The molecule has 0 aliphatic heterocycles. The highest BCUT2D eigenvalue weighted by Crippen LogP contribution is 2.01. The van der Waals surface area contributed by atoms with E-state index in [0.717, 1.165) is 12.3 Å². The van der Waals surface area contributed by atoms with Crippen molar-refractivity contribution >= 4 is 0 Å². The molecule has 0 aromatic rings. The quantitative estimate of drug-likeness (QED) is 0.537. The van der Waals surface area contributed by atoms with Crippen LogP contribution in [0, 0.1) is 11.8 Å². The molecule has 0 saturated carbocycles. The molecule has 0 heteroatoms. The molecule has 0 N–H and O–H groups in total. The van der Waals surface area contributed by atoms with Gasteiger partial charge in [-0.1, -0.05) is 52.0 Å². The van der Waals surface area contributed by atoms with Gasteiger partial charge in [0.25, 0.3) is 0 Å². The third-order valence-electron chi connectivity index (χ3n) is 1.57. The first-order valence-electron chi connectivity index (χ1n) is 4.94. The maximum absolute atomic E-state index is 2.27. The highest BCUT2D eigenvalue weighted by Gasteiger charge is 1.86. The molecule has 0 aliphatic carbocycles. The van der Waals surface area contributed by atoms with Crippen molar-refractivity contribution < 1.29 is 0 Å². The van der Waals surface area contributed by atoms with Crippen molar-refractivity contribution in [1.82, 2.24) is 0 Å². The van der Waals surface area contributed by atoms with Crippen LogP contribution in [-0.4, -0.2) is 0 Å². The fourth-order valence-electron chi connectivity index (χ4n) is 0.894. The molecule has 0 nitrogen and oxygen atoms in total. The fraction of sp³-hybridized carbons (Fsp3) is 0.667. The van der Waals surface area contributed by atoms with Crippen molar-refractivity contribution in [2.75, 3.05) is 0 Å². The highest BCUT2D eigenvalue weighted by atomic mass is 13.9. The summed E-state index contributed by atoms with van der Waals surface area (Å²) in [5, 5.41) is 0. The van der Waals surface area contributed by atoms with Crippen molar-refractivity contribution in [3.05, 3.63) is 24.3 Å². The Hall–Kier alpha value is -0.520. The van der Waals surface area contributed by atoms with Gasteiger partial charge in [0.15, 0.2) is 0 Å². The van der Waals surface area contributed by atoms with Crippen LogP contribution in [-0.2, 0) is 0 Å². The lowest BCUT2D eigenvalue weighted by atomic mass is 10.1. The van der Waals surface area contributed by atoms with Crippen LogP contribution in [0.25, 0.3) is 0 Å². The van der Waals surface area contributed by atoms with E-state index >= 15 is 0 Å². The van der Waals surface area contributed by atoms with Crippen LogP contribution in [0.2, 0.25) is 0 Å². The van der Waals surface area contributed by atoms with Crippen molar-refractivity contribution in [2.24, 2.45) is 11.8 Å². The van der Waals surface area contributed by atoms with Crippen molar-refractivity contribution in [1.29, 1.82) is 0 Å². The second-order valence-corrected chi connectivity index (χ2v) is 4.01. The second-order valence-electron chi connectivity index (χ2n) is 4.01. The minimum absolute atomic E-state index is 0.684. The fourth-order valence-corrected chi connectivity index (χ4v) is 0.894. The lowest BCUT2D eigenvalue weighted by molar-refractivity contribution is 0.663. The summed E-state index contributed by atoms with van der Waals surface area (Å²) in [6.07, 6.45) is 11.3. The van der Waals surface area contributed by atoms with Gasteiger partial charge in [-0.3, -0.25) is 0 Å². The molecule has 0 bridgehead atoms. The van der Waals surface area contributed by atoms with Gasteiger partial charge in [-0.15, -0.1) is 0 Å². The molecular weight excluding hydrogens is 144 g/mol. The van der Waals surface area contributed by atoms with Crippen LogP contribution in [0.4, 0.5) is 0 Å². The number of hydrogen-bond acceptors (Lipinski definition) is 0. The van der Waals surface area contributed by atoms with Crippen LogP contribution in [0.1, 0.15) is 40.5 Å². The summed E-state index contributed by atoms with van der Waals surface area (Å²) in [5.74, 6) is 1.47. The van der Waals surface area contributed by atoms with E-state index in [-0.39, 0.29) is 0 Å². The second kappa shape index (κ2) is 7.15. The minimum Gasteiger partial charge on any atom is -0.0880 e. The average Bonchev–Trinajstić information content (AvgIpc) is 1.95. The lowest BCUT2D eigenvalue weighted by Crippen LogP contribution is -1.80.